The van der Waals surface area contributed by atoms with Gasteiger partial charge in [-0.3, -0.25) is 14.2 Å². The summed E-state index contributed by atoms with van der Waals surface area (Å²) >= 11 is 0. The van der Waals surface area contributed by atoms with Gasteiger partial charge in [-0.05, 0) is 36.1 Å². The first kappa shape index (κ1) is 30.6. The molecule has 1 amide bonds. The molecule has 8 heterocycles. The molecule has 0 spiro atoms. The maximum Gasteiger partial charge on any atom is 0.282 e. The summed E-state index contributed by atoms with van der Waals surface area (Å²) in [6, 6.07) is 19.2. The molecule has 10 rings (SSSR count). The number of aryl methyl sites for hydroxylation is 2. The molecule has 0 fully saturated rings. The largest absolute Gasteiger partial charge is 0.386 e. The number of amides is 1. The van der Waals surface area contributed by atoms with E-state index >= 15 is 0 Å². The van der Waals surface area contributed by atoms with E-state index < -0.39 is 24.5 Å². The second-order valence-electron chi connectivity index (χ2n) is 13.3. The van der Waals surface area contributed by atoms with Gasteiger partial charge in [-0.25, -0.2) is 18.7 Å². The molecule has 14 heteroatoms. The number of nitrogens with zero attached hydrogens (tertiary/aromatic N) is 8. The van der Waals surface area contributed by atoms with Gasteiger partial charge in [0.05, 0.1) is 59.9 Å². The zero-order valence-corrected chi connectivity index (χ0v) is 26.7. The van der Waals surface area contributed by atoms with Gasteiger partial charge in [-0.15, -0.1) is 0 Å². The minimum Gasteiger partial charge on any atom is -0.386 e. The number of primary amides is 1. The van der Waals surface area contributed by atoms with Crippen LogP contribution in [0.3, 0.4) is 0 Å². The van der Waals surface area contributed by atoms with Crippen molar-refractivity contribution in [2.24, 2.45) is 17.6 Å². The summed E-state index contributed by atoms with van der Waals surface area (Å²) in [4.78, 5) is 19.9. The first-order valence-electron chi connectivity index (χ1n) is 16.6. The van der Waals surface area contributed by atoms with Gasteiger partial charge in [0.15, 0.2) is 0 Å². The number of halogens is 2. The minimum atomic E-state index is -2.63. The normalized spacial score (nSPS) is 24.0. The third kappa shape index (κ3) is 4.58. The van der Waals surface area contributed by atoms with Crippen LogP contribution in [-0.4, -0.2) is 54.8 Å². The predicted molar refractivity (Wildman–Crippen MR) is 176 cm³/mol. The molecule has 4 N–H and O–H groups in total. The van der Waals surface area contributed by atoms with E-state index in [1.807, 2.05) is 43.0 Å². The van der Waals surface area contributed by atoms with E-state index in [4.69, 9.17) is 5.73 Å². The molecule has 4 aliphatic rings. The van der Waals surface area contributed by atoms with Crippen molar-refractivity contribution in [3.8, 4) is 22.5 Å². The SMILES string of the molecule is NC(=O)c1cc2n(n1)CCC(C1c3ccccc3-c3cncn31)C2O.OC1c2cc(C(F)F)nn2CCC1C1c2ccccc2-c2cncn21. The van der Waals surface area contributed by atoms with Gasteiger partial charge in [0, 0.05) is 36.1 Å². The fraction of sp³-hybridized carbons (Fsp3) is 0.306. The van der Waals surface area contributed by atoms with Crippen molar-refractivity contribution >= 4 is 5.91 Å². The number of benzene rings is 2. The lowest BCUT2D eigenvalue weighted by Gasteiger charge is -2.34. The zero-order chi connectivity index (χ0) is 34.3. The van der Waals surface area contributed by atoms with Crippen molar-refractivity contribution in [3.63, 3.8) is 0 Å². The van der Waals surface area contributed by atoms with Crippen molar-refractivity contribution in [3.05, 3.63) is 120 Å². The zero-order valence-electron chi connectivity index (χ0n) is 26.7. The number of fused-ring (bicyclic) bond motifs is 8. The summed E-state index contributed by atoms with van der Waals surface area (Å²) < 4.78 is 33.3. The smallest absolute Gasteiger partial charge is 0.282 e. The Morgan fingerprint density at radius 2 is 1.26 bits per heavy atom. The van der Waals surface area contributed by atoms with E-state index in [-0.39, 0.29) is 35.3 Å². The predicted octanol–water partition coefficient (Wildman–Crippen LogP) is 4.84. The van der Waals surface area contributed by atoms with Crippen molar-refractivity contribution in [1.82, 2.24) is 38.7 Å². The second kappa shape index (κ2) is 11.6. The van der Waals surface area contributed by atoms with Crippen LogP contribution in [0.5, 0.6) is 0 Å². The molecule has 12 nitrogen and oxygen atoms in total. The topological polar surface area (TPSA) is 155 Å². The molecule has 0 radical (unpaired) electrons. The Morgan fingerprint density at radius 1 is 0.760 bits per heavy atom. The second-order valence-corrected chi connectivity index (χ2v) is 13.3. The Bertz CT molecular complexity index is 2250. The van der Waals surface area contributed by atoms with Crippen LogP contribution >= 0.6 is 0 Å². The molecule has 0 aliphatic carbocycles. The van der Waals surface area contributed by atoms with E-state index in [1.165, 1.54) is 16.3 Å². The average Bonchev–Trinajstić information content (AvgIpc) is 3.96. The summed E-state index contributed by atoms with van der Waals surface area (Å²) in [5.41, 5.74) is 13.1. The monoisotopic (exact) mass is 677 g/mol. The Morgan fingerprint density at radius 3 is 1.78 bits per heavy atom. The molecule has 2 aromatic carbocycles. The number of aliphatic hydroxyl groups excluding tert-OH is 2. The van der Waals surface area contributed by atoms with Crippen LogP contribution in [0.2, 0.25) is 0 Å². The van der Waals surface area contributed by atoms with Crippen LogP contribution < -0.4 is 5.73 Å². The fourth-order valence-electron chi connectivity index (χ4n) is 8.52. The van der Waals surface area contributed by atoms with Crippen LogP contribution in [0.1, 0.15) is 82.3 Å². The maximum atomic E-state index is 13.0. The Labute approximate surface area is 284 Å². The van der Waals surface area contributed by atoms with E-state index in [2.05, 4.69) is 53.6 Å². The first-order chi connectivity index (χ1) is 24.3. The van der Waals surface area contributed by atoms with E-state index in [1.54, 1.807) is 17.1 Å². The molecule has 6 unspecified atom stereocenters. The molecule has 254 valence electrons. The molecule has 6 aromatic rings. The van der Waals surface area contributed by atoms with Crippen molar-refractivity contribution in [2.75, 3.05) is 0 Å². The molecule has 50 heavy (non-hydrogen) atoms. The maximum absolute atomic E-state index is 13.0. The number of imidazole rings is 2. The standard InChI is InChI=1S/C18H16F2N4O.C18H17N5O2/c19-18(20)13-7-14-17(25)12(5-6-24(14)22-13)16-11-4-2-1-3-10(11)15-8-21-9-23(15)16;19-18(25)13-7-14-17(24)12(5-6-23(14)21-13)16-11-4-2-1-3-10(11)15-8-20-9-22(15)16/h1-4,7-9,12,16-18,25H,5-6H2;1-4,7-9,12,16-17,24H,5-6H2,(H2,19,25). The molecule has 6 atom stereocenters. The number of carbonyl (C=O) groups excluding carboxylic acids is 1. The Balaban J connectivity index is 0.000000135. The van der Waals surface area contributed by atoms with Gasteiger partial charge >= 0.3 is 0 Å². The number of aliphatic hydroxyl groups is 2. The summed E-state index contributed by atoms with van der Waals surface area (Å²) in [6.45, 7) is 1.17. The number of hydrogen-bond donors (Lipinski definition) is 3. The fourth-order valence-corrected chi connectivity index (χ4v) is 8.52. The number of nitrogens with two attached hydrogens (primary N) is 1. The molecule has 4 aromatic heterocycles. The minimum absolute atomic E-state index is 0.0179. The van der Waals surface area contributed by atoms with Gasteiger partial charge < -0.3 is 25.1 Å². The van der Waals surface area contributed by atoms with E-state index in [9.17, 15) is 23.8 Å². The van der Waals surface area contributed by atoms with Gasteiger partial charge in [-0.2, -0.15) is 10.2 Å². The molecule has 0 saturated heterocycles. The number of hydrogen-bond acceptors (Lipinski definition) is 7. The number of carbonyl (C=O) groups is 1. The highest BCUT2D eigenvalue weighted by Gasteiger charge is 2.43. The third-order valence-electron chi connectivity index (χ3n) is 10.7. The number of aromatic nitrogens is 8. The summed E-state index contributed by atoms with van der Waals surface area (Å²) in [7, 11) is 0. The summed E-state index contributed by atoms with van der Waals surface area (Å²) in [6.07, 6.45) is 4.52. The van der Waals surface area contributed by atoms with E-state index in [0.717, 1.165) is 34.5 Å². The highest BCUT2D eigenvalue weighted by Crippen LogP contribution is 2.50. The van der Waals surface area contributed by atoms with Crippen LogP contribution in [0.4, 0.5) is 8.78 Å². The lowest BCUT2D eigenvalue weighted by molar-refractivity contribution is 0.0523. The first-order valence-corrected chi connectivity index (χ1v) is 16.6. The quantitative estimate of drug-likeness (QED) is 0.241. The van der Waals surface area contributed by atoms with Crippen LogP contribution in [0, 0.1) is 11.8 Å². The number of alkyl halides is 2. The van der Waals surface area contributed by atoms with Gasteiger partial charge in [-0.1, -0.05) is 48.5 Å². The van der Waals surface area contributed by atoms with Gasteiger partial charge in [0.2, 0.25) is 0 Å². The third-order valence-corrected chi connectivity index (χ3v) is 10.7. The molecular weight excluding hydrogens is 644 g/mol. The van der Waals surface area contributed by atoms with Crippen molar-refractivity contribution < 1.29 is 23.8 Å². The summed E-state index contributed by atoms with van der Waals surface area (Å²) in [5, 5.41) is 30.1. The van der Waals surface area contributed by atoms with Crippen molar-refractivity contribution in [1.29, 1.82) is 0 Å². The van der Waals surface area contributed by atoms with Crippen molar-refractivity contribution in [2.45, 2.75) is 56.6 Å². The summed E-state index contributed by atoms with van der Waals surface area (Å²) in [5.74, 6) is -0.721. The van der Waals surface area contributed by atoms with Gasteiger partial charge in [0.25, 0.3) is 12.3 Å². The van der Waals surface area contributed by atoms with E-state index in [0.29, 0.717) is 30.9 Å². The lowest BCUT2D eigenvalue weighted by Crippen LogP contribution is -2.31. The molecular formula is C36H33F2N9O3. The molecule has 4 aliphatic heterocycles. The highest BCUT2D eigenvalue weighted by atomic mass is 19.3. The van der Waals surface area contributed by atoms with Crippen LogP contribution in [0.15, 0.2) is 85.7 Å². The Kier molecular flexibility index (Phi) is 7.07. The highest BCUT2D eigenvalue weighted by molar-refractivity contribution is 5.90. The lowest BCUT2D eigenvalue weighted by atomic mass is 9.83. The molecule has 0 saturated carbocycles. The number of rotatable bonds is 4. The van der Waals surface area contributed by atoms with Crippen LogP contribution in [-0.2, 0) is 13.1 Å². The Hall–Kier alpha value is -5.47. The molecule has 0 bridgehead atoms. The van der Waals surface area contributed by atoms with Crippen LogP contribution in [0.25, 0.3) is 22.5 Å². The van der Waals surface area contributed by atoms with Gasteiger partial charge in [0.1, 0.15) is 23.6 Å². The average molecular weight is 678 g/mol.